The highest BCUT2D eigenvalue weighted by atomic mass is 35.5. The zero-order valence-corrected chi connectivity index (χ0v) is 12.0. The van der Waals surface area contributed by atoms with Crippen LogP contribution in [0.2, 0.25) is 5.02 Å². The van der Waals surface area contributed by atoms with E-state index in [9.17, 15) is 0 Å². The molecule has 0 fully saturated rings. The molecular weight excluding hydrogens is 244 g/mol. The van der Waals surface area contributed by atoms with Gasteiger partial charge in [-0.2, -0.15) is 0 Å². The summed E-state index contributed by atoms with van der Waals surface area (Å²) in [5.41, 5.74) is 3.69. The van der Waals surface area contributed by atoms with Crippen molar-refractivity contribution in [3.8, 4) is 0 Å². The van der Waals surface area contributed by atoms with Crippen molar-refractivity contribution in [1.29, 1.82) is 0 Å². The number of nitrogens with zero attached hydrogens (tertiary/aromatic N) is 2. The minimum absolute atomic E-state index is 0.759. The van der Waals surface area contributed by atoms with E-state index in [4.69, 9.17) is 11.6 Å². The average Bonchev–Trinajstić information content (AvgIpc) is 2.72. The van der Waals surface area contributed by atoms with E-state index < -0.39 is 0 Å². The highest BCUT2D eigenvalue weighted by Crippen LogP contribution is 2.33. The van der Waals surface area contributed by atoms with Crippen molar-refractivity contribution >= 4 is 22.6 Å². The summed E-state index contributed by atoms with van der Waals surface area (Å²) in [7, 11) is 0. The maximum absolute atomic E-state index is 6.16. The van der Waals surface area contributed by atoms with Crippen LogP contribution in [0.3, 0.4) is 0 Å². The zero-order valence-electron chi connectivity index (χ0n) is 11.2. The van der Waals surface area contributed by atoms with Crippen LogP contribution in [0.25, 0.3) is 11.0 Å². The van der Waals surface area contributed by atoms with Crippen molar-refractivity contribution in [3.63, 3.8) is 0 Å². The van der Waals surface area contributed by atoms with Gasteiger partial charge in [-0.25, -0.2) is 4.98 Å². The molecule has 3 heteroatoms. The van der Waals surface area contributed by atoms with Gasteiger partial charge in [0.25, 0.3) is 0 Å². The van der Waals surface area contributed by atoms with E-state index in [1.54, 1.807) is 6.20 Å². The fraction of sp³-hybridized carbons (Fsp3) is 0.533. The lowest BCUT2D eigenvalue weighted by Crippen LogP contribution is -2.22. The molecular formula is C15H19ClN2. The quantitative estimate of drug-likeness (QED) is 0.753. The van der Waals surface area contributed by atoms with Crippen molar-refractivity contribution in [1.82, 2.24) is 9.55 Å². The number of rotatable bonds is 1. The van der Waals surface area contributed by atoms with E-state index in [0.717, 1.165) is 34.6 Å². The van der Waals surface area contributed by atoms with Crippen LogP contribution in [0.5, 0.6) is 0 Å². The van der Waals surface area contributed by atoms with Crippen LogP contribution in [0, 0.1) is 18.8 Å². The van der Waals surface area contributed by atoms with Gasteiger partial charge < -0.3 is 4.57 Å². The molecule has 0 amide bonds. The van der Waals surface area contributed by atoms with Crippen LogP contribution in [0.15, 0.2) is 12.3 Å². The van der Waals surface area contributed by atoms with Crippen LogP contribution in [-0.4, -0.2) is 9.55 Å². The van der Waals surface area contributed by atoms with Crippen molar-refractivity contribution in [3.05, 3.63) is 28.5 Å². The van der Waals surface area contributed by atoms with Crippen molar-refractivity contribution < 1.29 is 0 Å². The van der Waals surface area contributed by atoms with Gasteiger partial charge in [-0.15, -0.1) is 0 Å². The normalized spacial score (nSPS) is 19.5. The van der Waals surface area contributed by atoms with Crippen LogP contribution in [-0.2, 0) is 13.0 Å². The molecule has 0 aliphatic carbocycles. The Morgan fingerprint density at radius 2 is 2.22 bits per heavy atom. The minimum atomic E-state index is 0.759. The smallest absolute Gasteiger partial charge is 0.140 e. The molecule has 3 rings (SSSR count). The summed E-state index contributed by atoms with van der Waals surface area (Å²) in [5.74, 6) is 1.56. The topological polar surface area (TPSA) is 17.8 Å². The molecule has 1 aliphatic rings. The van der Waals surface area contributed by atoms with Gasteiger partial charge in [0.2, 0.25) is 0 Å². The first-order chi connectivity index (χ1) is 8.58. The Kier molecular flexibility index (Phi) is 2.86. The number of aryl methyl sites for hydroxylation is 2. The molecule has 0 radical (unpaired) electrons. The Balaban J connectivity index is 2.12. The molecule has 2 aromatic rings. The summed E-state index contributed by atoms with van der Waals surface area (Å²) in [6.45, 7) is 7.82. The molecule has 1 aliphatic heterocycles. The lowest BCUT2D eigenvalue weighted by molar-refractivity contribution is 0.305. The van der Waals surface area contributed by atoms with E-state index >= 15 is 0 Å². The summed E-state index contributed by atoms with van der Waals surface area (Å²) in [4.78, 5) is 4.52. The summed E-state index contributed by atoms with van der Waals surface area (Å²) in [6.07, 6.45) is 4.21. The first-order valence-electron chi connectivity index (χ1n) is 6.71. The molecule has 0 N–H and O–H groups in total. The van der Waals surface area contributed by atoms with Crippen molar-refractivity contribution in [2.24, 2.45) is 11.8 Å². The molecule has 96 valence electrons. The Hall–Kier alpha value is -1.02. The SMILES string of the molecule is Cc1c(Cl)cnc2c1cc1n2CCC(C(C)C)C1. The molecule has 0 spiro atoms. The van der Waals surface area contributed by atoms with Gasteiger partial charge in [-0.05, 0) is 43.2 Å². The molecule has 0 saturated carbocycles. The molecule has 18 heavy (non-hydrogen) atoms. The number of fused-ring (bicyclic) bond motifs is 3. The first-order valence-corrected chi connectivity index (χ1v) is 7.09. The maximum atomic E-state index is 6.16. The molecule has 3 heterocycles. The summed E-state index contributed by atoms with van der Waals surface area (Å²) in [6, 6.07) is 2.29. The lowest BCUT2D eigenvalue weighted by Gasteiger charge is -2.27. The van der Waals surface area contributed by atoms with Gasteiger partial charge in [0.1, 0.15) is 5.65 Å². The summed E-state index contributed by atoms with van der Waals surface area (Å²) < 4.78 is 2.37. The zero-order chi connectivity index (χ0) is 12.9. The van der Waals surface area contributed by atoms with Crippen LogP contribution >= 0.6 is 11.6 Å². The van der Waals surface area contributed by atoms with Gasteiger partial charge in [0, 0.05) is 23.8 Å². The molecule has 2 nitrogen and oxygen atoms in total. The third kappa shape index (κ3) is 1.74. The third-order valence-corrected chi connectivity index (χ3v) is 4.74. The maximum Gasteiger partial charge on any atom is 0.140 e. The number of hydrogen-bond donors (Lipinski definition) is 0. The molecule has 2 aromatic heterocycles. The number of halogens is 1. The monoisotopic (exact) mass is 262 g/mol. The van der Waals surface area contributed by atoms with E-state index in [0.29, 0.717) is 0 Å². The molecule has 0 saturated heterocycles. The fourth-order valence-electron chi connectivity index (χ4n) is 3.00. The summed E-state index contributed by atoms with van der Waals surface area (Å²) in [5, 5.41) is 1.99. The van der Waals surface area contributed by atoms with Crippen LogP contribution < -0.4 is 0 Å². The van der Waals surface area contributed by atoms with E-state index in [2.05, 4.69) is 36.4 Å². The van der Waals surface area contributed by atoms with E-state index in [1.807, 2.05) is 0 Å². The second-order valence-electron chi connectivity index (χ2n) is 5.75. The van der Waals surface area contributed by atoms with Gasteiger partial charge in [0.15, 0.2) is 0 Å². The predicted molar refractivity (Wildman–Crippen MR) is 76.1 cm³/mol. The average molecular weight is 263 g/mol. The third-order valence-electron chi connectivity index (χ3n) is 4.35. The Morgan fingerprint density at radius 3 is 2.94 bits per heavy atom. The highest BCUT2D eigenvalue weighted by Gasteiger charge is 2.23. The fourth-order valence-corrected chi connectivity index (χ4v) is 3.15. The molecule has 1 atom stereocenters. The van der Waals surface area contributed by atoms with Crippen molar-refractivity contribution in [2.75, 3.05) is 0 Å². The van der Waals surface area contributed by atoms with Gasteiger partial charge in [0.05, 0.1) is 5.02 Å². The standard InChI is InChI=1S/C15H19ClN2/c1-9(2)11-4-5-18-12(6-11)7-13-10(3)14(16)8-17-15(13)18/h7-9,11H,4-6H2,1-3H3. The van der Waals surface area contributed by atoms with Crippen molar-refractivity contribution in [2.45, 2.75) is 40.2 Å². The second kappa shape index (κ2) is 4.27. The highest BCUT2D eigenvalue weighted by molar-refractivity contribution is 6.32. The van der Waals surface area contributed by atoms with E-state index in [1.165, 1.54) is 23.9 Å². The molecule has 0 aromatic carbocycles. The van der Waals surface area contributed by atoms with Crippen LogP contribution in [0.4, 0.5) is 0 Å². The summed E-state index contributed by atoms with van der Waals surface area (Å²) >= 11 is 6.16. The molecule has 0 bridgehead atoms. The number of hydrogen-bond acceptors (Lipinski definition) is 1. The van der Waals surface area contributed by atoms with Gasteiger partial charge >= 0.3 is 0 Å². The van der Waals surface area contributed by atoms with Crippen LogP contribution in [0.1, 0.15) is 31.5 Å². The molecule has 1 unspecified atom stereocenters. The van der Waals surface area contributed by atoms with Gasteiger partial charge in [-0.1, -0.05) is 25.4 Å². The lowest BCUT2D eigenvalue weighted by atomic mass is 9.86. The Labute approximate surface area is 113 Å². The Morgan fingerprint density at radius 1 is 1.44 bits per heavy atom. The van der Waals surface area contributed by atoms with Gasteiger partial charge in [-0.3, -0.25) is 0 Å². The predicted octanol–water partition coefficient (Wildman–Crippen LogP) is 4.22. The largest absolute Gasteiger partial charge is 0.330 e. The minimum Gasteiger partial charge on any atom is -0.330 e. The number of aromatic nitrogens is 2. The Bertz CT molecular complexity index is 598. The first kappa shape index (κ1) is 12.0. The van der Waals surface area contributed by atoms with E-state index in [-0.39, 0.29) is 0 Å². The second-order valence-corrected chi connectivity index (χ2v) is 6.16. The number of pyridine rings is 1.